The zero-order valence-corrected chi connectivity index (χ0v) is 46.4. The summed E-state index contributed by atoms with van der Waals surface area (Å²) in [5, 5.41) is 4.14. The lowest BCUT2D eigenvalue weighted by Gasteiger charge is -2.31. The van der Waals surface area contributed by atoms with E-state index in [4.69, 9.17) is 40.9 Å². The maximum atomic E-state index is 12.3. The van der Waals surface area contributed by atoms with Crippen LogP contribution in [-0.4, -0.2) is 111 Å². The molecule has 400 valence electrons. The molecule has 0 aromatic carbocycles. The van der Waals surface area contributed by atoms with Crippen LogP contribution in [-0.2, 0) is 49.9 Å². The van der Waals surface area contributed by atoms with Gasteiger partial charge in [0.05, 0.1) is 38.6 Å². The SMILES string of the molecule is CC(C)(C)OC(=O)NC1CCC(Cc2nccc(/C=C3\SC(=O)NC3=O)n2)CC1.CC(C)(C)OP(=O)(CCCl)OC(C)(C)C.NC1CCC(Cc2nccc(/C=C3\SC(=O)N(COP(=O)(O)O)C3=O)n2)CC1. The summed E-state index contributed by atoms with van der Waals surface area (Å²) in [5.41, 5.74) is 5.55. The van der Waals surface area contributed by atoms with E-state index in [0.29, 0.717) is 50.6 Å². The Labute approximate surface area is 434 Å². The van der Waals surface area contributed by atoms with Crippen molar-refractivity contribution >= 4 is 91.1 Å². The highest BCUT2D eigenvalue weighted by molar-refractivity contribution is 8.18. The van der Waals surface area contributed by atoms with Gasteiger partial charge in [0.25, 0.3) is 22.3 Å². The van der Waals surface area contributed by atoms with Crippen LogP contribution in [0.3, 0.4) is 0 Å². The first-order chi connectivity index (χ1) is 33.4. The molecule has 4 aliphatic rings. The number of hydrogen-bond acceptors (Lipinski definition) is 18. The van der Waals surface area contributed by atoms with Crippen LogP contribution in [0.1, 0.15) is 137 Å². The van der Waals surface area contributed by atoms with Gasteiger partial charge in [0.15, 0.2) is 0 Å². The number of nitrogens with zero attached hydrogens (tertiary/aromatic N) is 5. The molecule has 6 rings (SSSR count). The molecule has 6 N–H and O–H groups in total. The van der Waals surface area contributed by atoms with E-state index in [-0.39, 0.29) is 40.4 Å². The number of nitrogens with two attached hydrogens (primary N) is 1. The fourth-order valence-electron chi connectivity index (χ4n) is 7.56. The largest absolute Gasteiger partial charge is 0.471 e. The number of alkyl carbamates (subject to hydrolysis) is 1. The summed E-state index contributed by atoms with van der Waals surface area (Å²) in [6.45, 7) is 15.8. The molecule has 5 amide bonds. The number of ether oxygens (including phenoxy) is 1. The predicted molar refractivity (Wildman–Crippen MR) is 276 cm³/mol. The van der Waals surface area contributed by atoms with Crippen LogP contribution in [0, 0.1) is 11.8 Å². The van der Waals surface area contributed by atoms with Gasteiger partial charge >= 0.3 is 21.5 Å². The number of thioether (sulfide) groups is 2. The van der Waals surface area contributed by atoms with E-state index in [1.165, 1.54) is 6.08 Å². The van der Waals surface area contributed by atoms with Crippen molar-refractivity contribution in [1.29, 1.82) is 0 Å². The van der Waals surface area contributed by atoms with Crippen LogP contribution in [0.2, 0.25) is 0 Å². The second kappa shape index (κ2) is 26.7. The molecule has 21 nitrogen and oxygen atoms in total. The molecule has 2 saturated carbocycles. The molecule has 4 heterocycles. The van der Waals surface area contributed by atoms with E-state index < -0.39 is 56.0 Å². The van der Waals surface area contributed by atoms with Crippen LogP contribution in [0.5, 0.6) is 0 Å². The highest BCUT2D eigenvalue weighted by atomic mass is 35.5. The van der Waals surface area contributed by atoms with Gasteiger partial charge in [-0.15, -0.1) is 11.6 Å². The molecule has 0 unspecified atom stereocenters. The Morgan fingerprint density at radius 3 is 1.75 bits per heavy atom. The van der Waals surface area contributed by atoms with Crippen LogP contribution >= 0.6 is 50.5 Å². The minimum absolute atomic E-state index is 0.104. The van der Waals surface area contributed by atoms with Crippen LogP contribution < -0.4 is 16.4 Å². The van der Waals surface area contributed by atoms with Gasteiger partial charge in [0.2, 0.25) is 0 Å². The van der Waals surface area contributed by atoms with Crippen molar-refractivity contribution in [3.63, 3.8) is 0 Å². The van der Waals surface area contributed by atoms with Crippen molar-refractivity contribution in [2.75, 3.05) is 18.8 Å². The quantitative estimate of drug-likeness (QED) is 0.0669. The lowest BCUT2D eigenvalue weighted by atomic mass is 9.84. The molecule has 72 heavy (non-hydrogen) atoms. The maximum absolute atomic E-state index is 12.3. The van der Waals surface area contributed by atoms with E-state index in [1.54, 1.807) is 30.6 Å². The van der Waals surface area contributed by atoms with Crippen LogP contribution in [0.15, 0.2) is 34.3 Å². The number of hydrogen-bond donors (Lipinski definition) is 5. The van der Waals surface area contributed by atoms with E-state index in [1.807, 2.05) is 62.3 Å². The fourth-order valence-corrected chi connectivity index (χ4v) is 12.0. The third-order valence-electron chi connectivity index (χ3n) is 10.5. The zero-order valence-electron chi connectivity index (χ0n) is 42.3. The van der Waals surface area contributed by atoms with Crippen molar-refractivity contribution in [1.82, 2.24) is 35.5 Å². The normalized spacial score (nSPS) is 22.3. The summed E-state index contributed by atoms with van der Waals surface area (Å²) in [6.07, 6.45) is 15.5. The second-order valence-electron chi connectivity index (χ2n) is 20.5. The molecule has 0 radical (unpaired) electrons. The molecular formula is C46H69ClN8O13P2S2. The highest BCUT2D eigenvalue weighted by Crippen LogP contribution is 2.54. The Bertz CT molecular complexity index is 2370. The van der Waals surface area contributed by atoms with E-state index >= 15 is 0 Å². The Morgan fingerprint density at radius 1 is 0.806 bits per heavy atom. The van der Waals surface area contributed by atoms with Gasteiger partial charge in [0.1, 0.15) is 24.0 Å². The molecule has 4 fully saturated rings. The number of phosphoric ester groups is 1. The van der Waals surface area contributed by atoms with Crippen molar-refractivity contribution in [3.05, 3.63) is 57.4 Å². The number of phosphoric acid groups is 1. The third-order valence-corrected chi connectivity index (χ3v) is 15.5. The number of carbonyl (C=O) groups is 5. The van der Waals surface area contributed by atoms with Gasteiger partial charge in [-0.25, -0.2) is 34.2 Å². The molecule has 2 aromatic rings. The number of nitrogens with one attached hydrogen (secondary N) is 2. The summed E-state index contributed by atoms with van der Waals surface area (Å²) < 4.78 is 43.6. The topological polar surface area (TPSA) is 302 Å². The number of carbonyl (C=O) groups excluding carboxylic acids is 5. The highest BCUT2D eigenvalue weighted by Gasteiger charge is 2.37. The van der Waals surface area contributed by atoms with E-state index in [0.717, 1.165) is 81.8 Å². The summed E-state index contributed by atoms with van der Waals surface area (Å²) in [5.74, 6) is 1.49. The Hall–Kier alpha value is -3.60. The number of amides is 5. The van der Waals surface area contributed by atoms with E-state index in [2.05, 4.69) is 35.1 Å². The van der Waals surface area contributed by atoms with Crippen molar-refractivity contribution in [3.8, 4) is 0 Å². The van der Waals surface area contributed by atoms with Gasteiger partial charge < -0.3 is 34.6 Å². The van der Waals surface area contributed by atoms with Gasteiger partial charge in [-0.1, -0.05) is 0 Å². The number of alkyl halides is 1. The minimum Gasteiger partial charge on any atom is -0.444 e. The van der Waals surface area contributed by atoms with Crippen LogP contribution in [0.4, 0.5) is 14.4 Å². The Morgan fingerprint density at radius 2 is 1.31 bits per heavy atom. The number of imide groups is 2. The first-order valence-corrected chi connectivity index (χ1v) is 28.9. The molecule has 0 atom stereocenters. The smallest absolute Gasteiger partial charge is 0.444 e. The second-order valence-corrected chi connectivity index (χ2v) is 26.1. The molecule has 2 aromatic heterocycles. The standard InChI is InChI=1S/C20H26N4O4S.C16H21N4O6PS.C10H22ClO3P/c1-20(2,3)28-18(26)23-13-6-4-12(5-7-13)10-16-21-9-8-14(22-16)11-15-17(25)24-19(27)29-15;17-11-3-1-10(2-4-11)7-14-18-6-5-12(19-14)8-13-15(21)20(16(22)28-13)9-26-27(23,24)25;1-9(2,3)13-15(12,8-7-11)14-10(4,5)6/h8-9,11-13H,4-7,10H2,1-3H3,(H,23,26)(H,24,25,27);5-6,8,10-11H,1-4,7,9,17H2,(H2,23,24,25);7-8H2,1-6H3/b15-11-;13-8-;. The monoisotopic (exact) mass is 1100 g/mol. The molecule has 0 spiro atoms. The third kappa shape index (κ3) is 22.9. The average Bonchev–Trinajstić information content (AvgIpc) is 3.69. The Kier molecular flexibility index (Phi) is 22.6. The Balaban J connectivity index is 0.000000247. The summed E-state index contributed by atoms with van der Waals surface area (Å²) in [6, 6.07) is 3.75. The fraction of sp³-hybridized carbons (Fsp3) is 0.630. The maximum Gasteiger partial charge on any atom is 0.471 e. The minimum atomic E-state index is -4.79. The summed E-state index contributed by atoms with van der Waals surface area (Å²) >= 11 is 7.15. The average molecular weight is 1100 g/mol. The van der Waals surface area contributed by atoms with Gasteiger partial charge in [0, 0.05) is 43.2 Å². The van der Waals surface area contributed by atoms with Crippen molar-refractivity contribution in [2.24, 2.45) is 17.6 Å². The predicted octanol–water partition coefficient (Wildman–Crippen LogP) is 9.11. The van der Waals surface area contributed by atoms with Gasteiger partial charge in [-0.3, -0.25) is 33.6 Å². The number of aromatic nitrogens is 4. The summed E-state index contributed by atoms with van der Waals surface area (Å²) in [7, 11) is -7.88. The molecule has 0 bridgehead atoms. The van der Waals surface area contributed by atoms with Gasteiger partial charge in [-0.05, 0) is 173 Å². The number of halogens is 1. The van der Waals surface area contributed by atoms with Crippen molar-refractivity contribution < 1.29 is 61.2 Å². The molecule has 2 aliphatic heterocycles. The number of rotatable bonds is 14. The molecular weight excluding hydrogens is 1030 g/mol. The molecule has 2 aliphatic carbocycles. The molecule has 26 heteroatoms. The molecule has 2 saturated heterocycles. The zero-order chi connectivity index (χ0) is 53.7. The van der Waals surface area contributed by atoms with Gasteiger partial charge in [-0.2, -0.15) is 0 Å². The van der Waals surface area contributed by atoms with Crippen LogP contribution in [0.25, 0.3) is 12.2 Å². The first kappa shape index (κ1) is 61.0. The first-order valence-electron chi connectivity index (χ1n) is 23.5. The van der Waals surface area contributed by atoms with E-state index in [9.17, 15) is 33.1 Å². The lowest BCUT2D eigenvalue weighted by molar-refractivity contribution is -0.125. The lowest BCUT2D eigenvalue weighted by Crippen LogP contribution is -2.41. The van der Waals surface area contributed by atoms with Crippen molar-refractivity contribution in [2.45, 2.75) is 155 Å². The summed E-state index contributed by atoms with van der Waals surface area (Å²) in [4.78, 5) is 95.2.